The molecule has 33 heavy (non-hydrogen) atoms. The van der Waals surface area contributed by atoms with Crippen LogP contribution >= 0.6 is 0 Å². The van der Waals surface area contributed by atoms with Gasteiger partial charge in [0.25, 0.3) is 17.1 Å². The van der Waals surface area contributed by atoms with E-state index in [1.165, 1.54) is 4.90 Å². The maximum atomic E-state index is 12.7. The van der Waals surface area contributed by atoms with Gasteiger partial charge in [-0.2, -0.15) is 0 Å². The average molecular weight is 470 g/mol. The molecule has 8 nitrogen and oxygen atoms in total. The number of aromatic hydroxyl groups is 1. The van der Waals surface area contributed by atoms with E-state index in [4.69, 9.17) is 0 Å². The van der Waals surface area contributed by atoms with E-state index in [9.17, 15) is 14.1 Å². The number of phenols is 1. The zero-order valence-corrected chi connectivity index (χ0v) is 20.7. The fourth-order valence-corrected chi connectivity index (χ4v) is 4.26. The van der Waals surface area contributed by atoms with Crippen molar-refractivity contribution in [1.29, 1.82) is 0 Å². The molecule has 1 amide bonds. The Morgan fingerprint density at radius 2 is 1.73 bits per heavy atom. The lowest BCUT2D eigenvalue weighted by Gasteiger charge is -2.32. The van der Waals surface area contributed by atoms with Gasteiger partial charge in [-0.1, -0.05) is 64.1 Å². The summed E-state index contributed by atoms with van der Waals surface area (Å²) in [6, 6.07) is 13.3. The van der Waals surface area contributed by atoms with E-state index in [0.717, 1.165) is 11.1 Å². The van der Waals surface area contributed by atoms with Crippen LogP contribution in [0.15, 0.2) is 51.3 Å². The molecular formula is C24H31N5O3S. The highest BCUT2D eigenvalue weighted by Crippen LogP contribution is 2.34. The highest BCUT2D eigenvalue weighted by molar-refractivity contribution is 7.83. The minimum atomic E-state index is -1.80. The summed E-state index contributed by atoms with van der Waals surface area (Å²) in [4.78, 5) is 14.1. The number of amides is 1. The standard InChI is InChI=1S/C24H31N5O3S/c1-7-15-13-14-17(19(30)18(15)23(31)29(5)6)25-21-22(28-33(32)27-21)26-20(24(2,3)4)16-11-9-8-10-12-16/h8-14,20,30H,7H2,1-6H3,(H,25,27)(H,26,28)/t20-,33?/m0/s1. The summed E-state index contributed by atoms with van der Waals surface area (Å²) in [5, 5.41) is 17.3. The Morgan fingerprint density at radius 3 is 2.30 bits per heavy atom. The van der Waals surface area contributed by atoms with Gasteiger partial charge in [-0.25, -0.2) is 4.21 Å². The summed E-state index contributed by atoms with van der Waals surface area (Å²) in [6.45, 7) is 8.22. The van der Waals surface area contributed by atoms with Crippen LogP contribution in [0.3, 0.4) is 0 Å². The lowest BCUT2D eigenvalue weighted by atomic mass is 9.82. The largest absolute Gasteiger partial charge is 0.505 e. The summed E-state index contributed by atoms with van der Waals surface area (Å²) in [5.41, 5.74) is 2.12. The number of anilines is 1. The summed E-state index contributed by atoms with van der Waals surface area (Å²) in [7, 11) is 3.27. The van der Waals surface area contributed by atoms with Gasteiger partial charge in [0.05, 0.1) is 17.3 Å². The highest BCUT2D eigenvalue weighted by Gasteiger charge is 2.31. The number of nitrogens with one attached hydrogen (secondary N) is 2. The number of hydrogen-bond acceptors (Lipinski definition) is 5. The van der Waals surface area contributed by atoms with Crippen molar-refractivity contribution in [3.63, 3.8) is 0 Å². The molecule has 0 saturated carbocycles. The zero-order valence-electron chi connectivity index (χ0n) is 19.8. The van der Waals surface area contributed by atoms with E-state index in [1.807, 2.05) is 37.3 Å². The Bertz CT molecular complexity index is 1120. The van der Waals surface area contributed by atoms with Gasteiger partial charge in [0.15, 0.2) is 17.4 Å². The Labute approximate surface area is 197 Å². The summed E-state index contributed by atoms with van der Waals surface area (Å²) < 4.78 is 20.4. The van der Waals surface area contributed by atoms with Crippen molar-refractivity contribution in [3.8, 4) is 5.75 Å². The lowest BCUT2D eigenvalue weighted by Crippen LogP contribution is -2.41. The Morgan fingerprint density at radius 1 is 1.09 bits per heavy atom. The lowest BCUT2D eigenvalue weighted by molar-refractivity contribution is 0.0823. The second-order valence-corrected chi connectivity index (χ2v) is 9.97. The number of nitrogens with zero attached hydrogens (tertiary/aromatic N) is 3. The van der Waals surface area contributed by atoms with Crippen LogP contribution in [-0.2, 0) is 17.6 Å². The Hall–Kier alpha value is -3.20. The second kappa shape index (κ2) is 9.74. The van der Waals surface area contributed by atoms with E-state index in [0.29, 0.717) is 12.3 Å². The van der Waals surface area contributed by atoms with Crippen LogP contribution in [-0.4, -0.2) is 45.9 Å². The van der Waals surface area contributed by atoms with E-state index in [2.05, 4.69) is 40.2 Å². The number of carbonyl (C=O) groups is 1. The van der Waals surface area contributed by atoms with Gasteiger partial charge in [0, 0.05) is 14.1 Å². The van der Waals surface area contributed by atoms with Gasteiger partial charge < -0.3 is 20.6 Å². The molecule has 176 valence electrons. The van der Waals surface area contributed by atoms with Gasteiger partial charge in [0.1, 0.15) is 0 Å². The van der Waals surface area contributed by atoms with E-state index >= 15 is 0 Å². The molecule has 2 aromatic rings. The van der Waals surface area contributed by atoms with Gasteiger partial charge in [0.2, 0.25) is 0 Å². The van der Waals surface area contributed by atoms with Crippen molar-refractivity contribution in [2.24, 2.45) is 14.2 Å². The first-order valence-corrected chi connectivity index (χ1v) is 11.8. The molecule has 1 heterocycles. The van der Waals surface area contributed by atoms with E-state index in [1.54, 1.807) is 26.2 Å². The van der Waals surface area contributed by atoms with Gasteiger partial charge in [-0.15, -0.1) is 8.80 Å². The third kappa shape index (κ3) is 5.42. The van der Waals surface area contributed by atoms with Crippen LogP contribution < -0.4 is 10.6 Å². The number of aryl methyl sites for hydroxylation is 1. The van der Waals surface area contributed by atoms with Crippen molar-refractivity contribution in [1.82, 2.24) is 10.2 Å². The molecule has 2 aromatic carbocycles. The van der Waals surface area contributed by atoms with Crippen LogP contribution in [0.25, 0.3) is 0 Å². The van der Waals surface area contributed by atoms with Gasteiger partial charge in [-0.3, -0.25) is 4.79 Å². The maximum absolute atomic E-state index is 12.7. The molecule has 0 radical (unpaired) electrons. The topological polar surface area (TPSA) is 106 Å². The molecule has 3 N–H and O–H groups in total. The predicted octanol–water partition coefficient (Wildman–Crippen LogP) is 3.83. The summed E-state index contributed by atoms with van der Waals surface area (Å²) >= 11 is -1.80. The van der Waals surface area contributed by atoms with E-state index in [-0.39, 0.29) is 40.2 Å². The molecule has 0 aromatic heterocycles. The fraction of sp³-hybridized carbons (Fsp3) is 0.375. The number of benzene rings is 2. The van der Waals surface area contributed by atoms with Crippen molar-refractivity contribution in [3.05, 3.63) is 59.2 Å². The first-order valence-electron chi connectivity index (χ1n) is 10.8. The SMILES string of the molecule is CCc1ccc(NC2=NS(=O)N=C2N[C@@H](c2ccccc2)C(C)(C)C)c(O)c1C(=O)N(C)C. The number of rotatable bonds is 5. The van der Waals surface area contributed by atoms with Crippen LogP contribution in [0.5, 0.6) is 5.75 Å². The molecule has 0 fully saturated rings. The maximum Gasteiger partial charge on any atom is 0.269 e. The number of carbonyl (C=O) groups excluding carboxylic acids is 1. The third-order valence-corrected chi connectivity index (χ3v) is 6.04. The predicted molar refractivity (Wildman–Crippen MR) is 134 cm³/mol. The molecule has 0 bridgehead atoms. The average Bonchev–Trinajstić information content (AvgIpc) is 3.11. The van der Waals surface area contributed by atoms with Crippen LogP contribution in [0, 0.1) is 5.41 Å². The second-order valence-electron chi connectivity index (χ2n) is 9.14. The molecule has 1 unspecified atom stereocenters. The zero-order chi connectivity index (χ0) is 24.3. The fourth-order valence-electron chi connectivity index (χ4n) is 3.64. The number of amidine groups is 2. The minimum absolute atomic E-state index is 0.138. The molecule has 9 heteroatoms. The summed E-state index contributed by atoms with van der Waals surface area (Å²) in [5.74, 6) is 0.0925. The first-order chi connectivity index (χ1) is 15.5. The van der Waals surface area contributed by atoms with E-state index < -0.39 is 11.2 Å². The first kappa shape index (κ1) is 24.4. The Kier molecular flexibility index (Phi) is 7.22. The van der Waals surface area contributed by atoms with Crippen LogP contribution in [0.4, 0.5) is 5.69 Å². The Balaban J connectivity index is 1.94. The normalized spacial score (nSPS) is 16.6. The summed E-state index contributed by atoms with van der Waals surface area (Å²) in [6.07, 6.45) is 0.590. The molecule has 2 atom stereocenters. The van der Waals surface area contributed by atoms with Crippen LogP contribution in [0.1, 0.15) is 55.2 Å². The van der Waals surface area contributed by atoms with Crippen molar-refractivity contribution in [2.75, 3.05) is 19.4 Å². The van der Waals surface area contributed by atoms with Crippen LogP contribution in [0.2, 0.25) is 0 Å². The molecule has 3 rings (SSSR count). The third-order valence-electron chi connectivity index (χ3n) is 5.36. The molecular weight excluding hydrogens is 438 g/mol. The molecule has 1 aliphatic rings. The molecule has 0 saturated heterocycles. The molecule has 0 aliphatic carbocycles. The minimum Gasteiger partial charge on any atom is -0.505 e. The smallest absolute Gasteiger partial charge is 0.269 e. The monoisotopic (exact) mass is 469 g/mol. The number of hydrogen-bond donors (Lipinski definition) is 3. The van der Waals surface area contributed by atoms with Gasteiger partial charge >= 0.3 is 0 Å². The highest BCUT2D eigenvalue weighted by atomic mass is 32.2. The quantitative estimate of drug-likeness (QED) is 0.577. The van der Waals surface area contributed by atoms with Crippen molar-refractivity contribution < 1.29 is 14.1 Å². The molecule has 1 aliphatic heterocycles. The van der Waals surface area contributed by atoms with Gasteiger partial charge in [-0.05, 0) is 29.0 Å². The number of phenolic OH excluding ortho intramolecular Hbond substituents is 1. The van der Waals surface area contributed by atoms with Crippen molar-refractivity contribution >= 4 is 34.4 Å². The molecule has 0 spiro atoms. The van der Waals surface area contributed by atoms with Crippen molar-refractivity contribution in [2.45, 2.75) is 40.2 Å².